The lowest BCUT2D eigenvalue weighted by molar-refractivity contribution is -0.238. The highest BCUT2D eigenvalue weighted by atomic mass is 31.2. The molecule has 33 heavy (non-hydrogen) atoms. The van der Waals surface area contributed by atoms with E-state index in [1.165, 1.54) is 0 Å². The number of hydrogen-bond acceptors (Lipinski definition) is 7. The molecule has 0 amide bonds. The van der Waals surface area contributed by atoms with Gasteiger partial charge in [-0.3, -0.25) is 9.34 Å². The minimum atomic E-state index is -2.40. The third-order valence-electron chi connectivity index (χ3n) is 4.80. The highest BCUT2D eigenvalue weighted by Gasteiger charge is 2.33. The summed E-state index contributed by atoms with van der Waals surface area (Å²) < 4.78 is 34.9. The van der Waals surface area contributed by atoms with Crippen molar-refractivity contribution in [2.75, 3.05) is 55.2 Å². The van der Waals surface area contributed by atoms with E-state index < -0.39 is 20.1 Å². The second kappa shape index (κ2) is 18.2. The third kappa shape index (κ3) is 12.9. The van der Waals surface area contributed by atoms with Crippen LogP contribution in [-0.2, 0) is 28.5 Å². The second-order valence-corrected chi connectivity index (χ2v) is 11.9. The highest BCUT2D eigenvalue weighted by Crippen LogP contribution is 2.55. The predicted octanol–water partition coefficient (Wildman–Crippen LogP) is 4.94. The van der Waals surface area contributed by atoms with Crippen molar-refractivity contribution in [1.82, 2.24) is 14.0 Å². The van der Waals surface area contributed by atoms with Gasteiger partial charge in [-0.1, -0.05) is 26.7 Å². The van der Waals surface area contributed by atoms with Gasteiger partial charge >= 0.3 is 0 Å². The molecule has 11 heteroatoms. The van der Waals surface area contributed by atoms with Crippen molar-refractivity contribution in [2.24, 2.45) is 4.91 Å². The monoisotopic (exact) mass is 498 g/mol. The molecule has 0 saturated carbocycles. The maximum Gasteiger partial charge on any atom is 0.199 e. The van der Waals surface area contributed by atoms with Crippen LogP contribution in [0.5, 0.6) is 0 Å². The van der Waals surface area contributed by atoms with Gasteiger partial charge in [-0.2, -0.15) is 0 Å². The Morgan fingerprint density at radius 1 is 0.667 bits per heavy atom. The molecule has 0 N–H and O–H groups in total. The van der Waals surface area contributed by atoms with Crippen molar-refractivity contribution >= 4 is 7.51 Å². The van der Waals surface area contributed by atoms with Gasteiger partial charge in [0.15, 0.2) is 32.7 Å². The van der Waals surface area contributed by atoms with Crippen LogP contribution >= 0.6 is 7.51 Å². The summed E-state index contributed by atoms with van der Waals surface area (Å²) in [7, 11) is 7.46. The summed E-state index contributed by atoms with van der Waals surface area (Å²) in [6, 6.07) is 0. The van der Waals surface area contributed by atoms with E-state index in [-0.39, 0.29) is 12.6 Å². The predicted molar refractivity (Wildman–Crippen MR) is 133 cm³/mol. The van der Waals surface area contributed by atoms with Crippen LogP contribution in [0.4, 0.5) is 0 Å². The molecule has 0 fully saturated rings. The molecule has 10 nitrogen and oxygen atoms in total. The van der Waals surface area contributed by atoms with Crippen LogP contribution in [0, 0.1) is 0 Å². The van der Waals surface area contributed by atoms with E-state index in [9.17, 15) is 0 Å². The van der Waals surface area contributed by atoms with Gasteiger partial charge in [0.25, 0.3) is 0 Å². The van der Waals surface area contributed by atoms with Gasteiger partial charge in [0.2, 0.25) is 0 Å². The second-order valence-electron chi connectivity index (χ2n) is 8.36. The average Bonchev–Trinajstić information content (AvgIpc) is 2.72. The minimum absolute atomic E-state index is 0.297. The van der Waals surface area contributed by atoms with Gasteiger partial charge in [-0.25, -0.2) is 9.51 Å². The number of ether oxygens (including phenoxy) is 5. The smallest absolute Gasteiger partial charge is 0.199 e. The van der Waals surface area contributed by atoms with E-state index >= 15 is 0 Å². The summed E-state index contributed by atoms with van der Waals surface area (Å²) in [6.45, 7) is 13.3. The quantitative estimate of drug-likeness (QED) is 0.100. The zero-order chi connectivity index (χ0) is 25.4. The molecule has 0 saturated heterocycles. The van der Waals surface area contributed by atoms with Crippen LogP contribution in [0.3, 0.4) is 0 Å². The summed E-state index contributed by atoms with van der Waals surface area (Å²) in [4.78, 5) is 10.5. The van der Waals surface area contributed by atoms with E-state index in [1.807, 2.05) is 76.9 Å². The Labute approximate surface area is 202 Å². The van der Waals surface area contributed by atoms with E-state index in [0.717, 1.165) is 25.7 Å². The first-order chi connectivity index (χ1) is 15.5. The van der Waals surface area contributed by atoms with Crippen LogP contribution < -0.4 is 0 Å². The molecule has 0 radical (unpaired) electrons. The summed E-state index contributed by atoms with van der Waals surface area (Å²) in [5.41, 5.74) is 0. The molecule has 0 heterocycles. The van der Waals surface area contributed by atoms with Crippen molar-refractivity contribution in [1.29, 1.82) is 0 Å². The van der Waals surface area contributed by atoms with Gasteiger partial charge in [0.1, 0.15) is 6.73 Å². The Morgan fingerprint density at radius 2 is 1.09 bits per heavy atom. The normalized spacial score (nSPS) is 16.4. The maximum absolute atomic E-state index is 5.94. The number of rotatable bonds is 20. The zero-order valence-electron chi connectivity index (χ0n) is 22.9. The molecule has 4 unspecified atom stereocenters. The minimum Gasteiger partial charge on any atom is -0.353 e. The van der Waals surface area contributed by atoms with Gasteiger partial charge in [-0.15, -0.1) is 4.91 Å². The van der Waals surface area contributed by atoms with Crippen LogP contribution in [0.1, 0.15) is 67.2 Å². The Bertz CT molecular complexity index is 529. The molecule has 4 atom stereocenters. The first kappa shape index (κ1) is 32.9. The number of unbranched alkanes of at least 4 members (excludes halogenated alkanes) is 2. The van der Waals surface area contributed by atoms with Crippen LogP contribution in [0.15, 0.2) is 4.91 Å². The van der Waals surface area contributed by atoms with E-state index in [1.54, 1.807) is 0 Å². The van der Waals surface area contributed by atoms with E-state index in [2.05, 4.69) is 18.8 Å². The summed E-state index contributed by atoms with van der Waals surface area (Å²) >= 11 is 0. The van der Waals surface area contributed by atoms with Gasteiger partial charge in [0.05, 0.1) is 0 Å². The Balaban J connectivity index is 5.04. The van der Waals surface area contributed by atoms with Crippen molar-refractivity contribution in [3.63, 3.8) is 0 Å². The fourth-order valence-electron chi connectivity index (χ4n) is 3.07. The average molecular weight is 499 g/mol. The highest BCUT2D eigenvalue weighted by molar-refractivity contribution is 7.58. The van der Waals surface area contributed by atoms with Crippen LogP contribution in [0.2, 0.25) is 0 Å². The summed E-state index contributed by atoms with van der Waals surface area (Å²) in [5.74, 6) is 0. The van der Waals surface area contributed by atoms with Crippen molar-refractivity contribution in [3.05, 3.63) is 0 Å². The molecule has 0 bridgehead atoms. The lowest BCUT2D eigenvalue weighted by Gasteiger charge is -2.41. The fourth-order valence-corrected chi connectivity index (χ4v) is 5.90. The number of nitrogens with zero attached hydrogens (tertiary/aromatic N) is 4. The molecule has 0 aliphatic heterocycles. The van der Waals surface area contributed by atoms with Crippen molar-refractivity contribution in [3.8, 4) is 0 Å². The zero-order valence-corrected chi connectivity index (χ0v) is 23.8. The molecule has 200 valence electrons. The summed E-state index contributed by atoms with van der Waals surface area (Å²) in [6.07, 6.45) is 2.50. The van der Waals surface area contributed by atoms with Crippen molar-refractivity contribution < 1.29 is 28.5 Å². The maximum atomic E-state index is 5.94. The standard InChI is InChI=1S/C22H51N4O6P/c1-12-14-16-27-19(3)30-21(5)29-18-26(11)33(24(7)8,25(9)10)23-32-22(6)31-20(4)28-17-15-13-2/h19-22H,12-18H2,1-11H3. The number of hydrogen-bond donors (Lipinski definition) is 0. The SMILES string of the molecule is CCCCOC(C)OC(C)OCN(C)P(=NOC(C)OC(C)OCCCC)(N(C)C)N(C)C. The third-order valence-corrected chi connectivity index (χ3v) is 8.29. The molecule has 0 aromatic heterocycles. The molecular formula is C22H51N4O6P. The molecule has 0 aromatic rings. The molecule has 0 aliphatic carbocycles. The van der Waals surface area contributed by atoms with Crippen molar-refractivity contribution in [2.45, 2.75) is 92.4 Å². The Kier molecular flexibility index (Phi) is 18.1. The van der Waals surface area contributed by atoms with Crippen LogP contribution in [-0.4, -0.2) is 94.4 Å². The summed E-state index contributed by atoms with van der Waals surface area (Å²) in [5, 5.41) is 0. The largest absolute Gasteiger partial charge is 0.353 e. The van der Waals surface area contributed by atoms with Gasteiger partial charge in [-0.05, 0) is 75.8 Å². The molecule has 0 aromatic carbocycles. The van der Waals surface area contributed by atoms with Gasteiger partial charge in [0, 0.05) is 13.2 Å². The lowest BCUT2D eigenvalue weighted by Crippen LogP contribution is -2.36. The molecule has 0 rings (SSSR count). The van der Waals surface area contributed by atoms with E-state index in [0.29, 0.717) is 19.9 Å². The Morgan fingerprint density at radius 3 is 1.52 bits per heavy atom. The topological polar surface area (TPSA) is 77.5 Å². The fraction of sp³-hybridized carbons (Fsp3) is 1.00. The first-order valence-electron chi connectivity index (χ1n) is 12.0. The molecule has 0 spiro atoms. The Hall–Kier alpha value is -0.130. The van der Waals surface area contributed by atoms with Gasteiger partial charge < -0.3 is 23.7 Å². The van der Waals surface area contributed by atoms with E-state index in [4.69, 9.17) is 28.5 Å². The first-order valence-corrected chi connectivity index (χ1v) is 13.6. The molecule has 0 aliphatic rings. The van der Waals surface area contributed by atoms with Crippen LogP contribution in [0.25, 0.3) is 0 Å². The molecular weight excluding hydrogens is 447 g/mol. The lowest BCUT2D eigenvalue weighted by atomic mass is 10.4.